The molecule has 20 heavy (non-hydrogen) atoms. The number of hydrogen-bond donors (Lipinski definition) is 1. The molecule has 0 aliphatic carbocycles. The Labute approximate surface area is 120 Å². The Hall–Kier alpha value is -2.05. The zero-order valence-corrected chi connectivity index (χ0v) is 12.1. The molecule has 0 saturated heterocycles. The van der Waals surface area contributed by atoms with Crippen molar-refractivity contribution in [3.63, 3.8) is 0 Å². The molecule has 0 aliphatic heterocycles. The molecule has 3 heteroatoms. The lowest BCUT2D eigenvalue weighted by Gasteiger charge is -2.15. The van der Waals surface area contributed by atoms with Gasteiger partial charge in [-0.25, -0.2) is 4.79 Å². The van der Waals surface area contributed by atoms with Crippen LogP contribution in [-0.4, -0.2) is 23.8 Å². The second-order valence-electron chi connectivity index (χ2n) is 4.59. The third-order valence-electron chi connectivity index (χ3n) is 2.72. The first-order valence-electron chi connectivity index (χ1n) is 6.67. The summed E-state index contributed by atoms with van der Waals surface area (Å²) in [5, 5.41) is 9.97. The summed E-state index contributed by atoms with van der Waals surface area (Å²) < 4.78 is 4.82. The van der Waals surface area contributed by atoms with Crippen LogP contribution in [0.1, 0.15) is 26.3 Å². The van der Waals surface area contributed by atoms with Crippen molar-refractivity contribution in [2.24, 2.45) is 5.92 Å². The van der Waals surface area contributed by atoms with E-state index in [0.29, 0.717) is 5.57 Å². The topological polar surface area (TPSA) is 46.5 Å². The van der Waals surface area contributed by atoms with Crippen LogP contribution < -0.4 is 0 Å². The van der Waals surface area contributed by atoms with Crippen LogP contribution in [0.4, 0.5) is 0 Å². The van der Waals surface area contributed by atoms with Crippen molar-refractivity contribution in [3.05, 3.63) is 47.5 Å². The molecule has 1 unspecified atom stereocenters. The Balaban J connectivity index is 2.89. The fourth-order valence-corrected chi connectivity index (χ4v) is 1.64. The van der Waals surface area contributed by atoms with E-state index in [9.17, 15) is 9.90 Å². The number of ether oxygens (including phenoxy) is 1. The highest BCUT2D eigenvalue weighted by atomic mass is 16.5. The molecule has 1 atom stereocenters. The summed E-state index contributed by atoms with van der Waals surface area (Å²) in [5.41, 5.74) is 1.45. The fraction of sp³-hybridized carbons (Fsp3) is 0.353. The zero-order chi connectivity index (χ0) is 15.0. The van der Waals surface area contributed by atoms with Crippen LogP contribution in [0, 0.1) is 17.8 Å². The van der Waals surface area contributed by atoms with E-state index in [1.165, 1.54) is 0 Å². The van der Waals surface area contributed by atoms with E-state index < -0.39 is 12.1 Å². The highest BCUT2D eigenvalue weighted by molar-refractivity contribution is 5.78. The van der Waals surface area contributed by atoms with Gasteiger partial charge in [0.05, 0.1) is 6.61 Å². The number of benzene rings is 1. The minimum absolute atomic E-state index is 0.0134. The van der Waals surface area contributed by atoms with E-state index in [0.717, 1.165) is 5.56 Å². The van der Waals surface area contributed by atoms with Gasteiger partial charge in [-0.2, -0.15) is 0 Å². The Kier molecular flexibility index (Phi) is 6.55. The van der Waals surface area contributed by atoms with Crippen LogP contribution in [0.2, 0.25) is 0 Å². The molecular formula is C17H20O3. The summed E-state index contributed by atoms with van der Waals surface area (Å²) in [7, 11) is 0. The van der Waals surface area contributed by atoms with Crippen molar-refractivity contribution in [2.75, 3.05) is 6.61 Å². The van der Waals surface area contributed by atoms with E-state index >= 15 is 0 Å². The van der Waals surface area contributed by atoms with Gasteiger partial charge < -0.3 is 9.84 Å². The molecule has 0 spiro atoms. The third kappa shape index (κ3) is 4.91. The highest BCUT2D eigenvalue weighted by Crippen LogP contribution is 2.15. The molecule has 0 radical (unpaired) electrons. The lowest BCUT2D eigenvalue weighted by atomic mass is 9.97. The predicted octanol–water partition coefficient (Wildman–Crippen LogP) is 2.54. The molecule has 0 fully saturated rings. The SMILES string of the molecule is CCOC(=O)C(O)/C(=C\C#Cc1ccccc1)C(C)C. The van der Waals surface area contributed by atoms with Gasteiger partial charge >= 0.3 is 5.97 Å². The normalized spacial score (nSPS) is 12.6. The summed E-state index contributed by atoms with van der Waals surface area (Å²) in [6, 6.07) is 9.54. The predicted molar refractivity (Wildman–Crippen MR) is 78.9 cm³/mol. The third-order valence-corrected chi connectivity index (χ3v) is 2.72. The number of esters is 1. The average molecular weight is 272 g/mol. The van der Waals surface area contributed by atoms with Gasteiger partial charge in [-0.3, -0.25) is 0 Å². The molecule has 0 bridgehead atoms. The van der Waals surface area contributed by atoms with Crippen LogP contribution in [0.25, 0.3) is 0 Å². The zero-order valence-electron chi connectivity index (χ0n) is 12.1. The number of rotatable bonds is 4. The second-order valence-corrected chi connectivity index (χ2v) is 4.59. The van der Waals surface area contributed by atoms with Crippen molar-refractivity contribution < 1.29 is 14.6 Å². The molecule has 1 aromatic rings. The van der Waals surface area contributed by atoms with Gasteiger partial charge in [0.25, 0.3) is 0 Å². The minimum atomic E-state index is -1.25. The number of carbonyl (C=O) groups is 1. The first kappa shape index (κ1) is 16.0. The van der Waals surface area contributed by atoms with Crippen molar-refractivity contribution in [3.8, 4) is 11.8 Å². The summed E-state index contributed by atoms with van der Waals surface area (Å²) in [6.07, 6.45) is 0.347. The Morgan fingerprint density at radius 3 is 2.55 bits per heavy atom. The molecule has 1 N–H and O–H groups in total. The van der Waals surface area contributed by atoms with Gasteiger partial charge in [-0.15, -0.1) is 0 Å². The largest absolute Gasteiger partial charge is 0.464 e. The van der Waals surface area contributed by atoms with Crippen LogP contribution in [0.15, 0.2) is 42.0 Å². The Morgan fingerprint density at radius 1 is 1.35 bits per heavy atom. The van der Waals surface area contributed by atoms with Crippen molar-refractivity contribution in [2.45, 2.75) is 26.9 Å². The molecule has 0 saturated carbocycles. The summed E-state index contributed by atoms with van der Waals surface area (Å²) in [6.45, 7) is 5.76. The molecular weight excluding hydrogens is 252 g/mol. The van der Waals surface area contributed by atoms with E-state index in [4.69, 9.17) is 4.74 Å². The fourth-order valence-electron chi connectivity index (χ4n) is 1.64. The van der Waals surface area contributed by atoms with E-state index in [2.05, 4.69) is 11.8 Å². The van der Waals surface area contributed by atoms with Gasteiger partial charge in [0.15, 0.2) is 6.10 Å². The maximum atomic E-state index is 11.6. The van der Waals surface area contributed by atoms with E-state index in [1.807, 2.05) is 44.2 Å². The number of aliphatic hydroxyl groups is 1. The molecule has 3 nitrogen and oxygen atoms in total. The van der Waals surface area contributed by atoms with Crippen molar-refractivity contribution in [1.29, 1.82) is 0 Å². The average Bonchev–Trinajstić information content (AvgIpc) is 2.44. The van der Waals surface area contributed by atoms with Crippen molar-refractivity contribution >= 4 is 5.97 Å². The lowest BCUT2D eigenvalue weighted by molar-refractivity contribution is -0.151. The summed E-state index contributed by atoms with van der Waals surface area (Å²) >= 11 is 0. The van der Waals surface area contributed by atoms with Crippen molar-refractivity contribution in [1.82, 2.24) is 0 Å². The van der Waals surface area contributed by atoms with Gasteiger partial charge in [-0.1, -0.05) is 43.9 Å². The number of aliphatic hydroxyl groups excluding tert-OH is 1. The maximum Gasteiger partial charge on any atom is 0.339 e. The lowest BCUT2D eigenvalue weighted by Crippen LogP contribution is -2.27. The number of allylic oxidation sites excluding steroid dienone is 1. The molecule has 1 rings (SSSR count). The molecule has 0 heterocycles. The van der Waals surface area contributed by atoms with Crippen LogP contribution >= 0.6 is 0 Å². The van der Waals surface area contributed by atoms with E-state index in [1.54, 1.807) is 13.0 Å². The molecule has 106 valence electrons. The van der Waals surface area contributed by atoms with E-state index in [-0.39, 0.29) is 12.5 Å². The Morgan fingerprint density at radius 2 is 2.00 bits per heavy atom. The van der Waals surface area contributed by atoms with Crippen LogP contribution in [0.5, 0.6) is 0 Å². The summed E-state index contributed by atoms with van der Waals surface area (Å²) in [4.78, 5) is 11.6. The van der Waals surface area contributed by atoms with Gasteiger partial charge in [0.1, 0.15) is 0 Å². The minimum Gasteiger partial charge on any atom is -0.464 e. The maximum absolute atomic E-state index is 11.6. The smallest absolute Gasteiger partial charge is 0.339 e. The molecule has 1 aromatic carbocycles. The number of carbonyl (C=O) groups excluding carboxylic acids is 1. The molecule has 0 aromatic heterocycles. The number of hydrogen-bond acceptors (Lipinski definition) is 3. The highest BCUT2D eigenvalue weighted by Gasteiger charge is 2.22. The van der Waals surface area contributed by atoms with Gasteiger partial charge in [0, 0.05) is 5.56 Å². The first-order valence-corrected chi connectivity index (χ1v) is 6.67. The van der Waals surface area contributed by atoms with Gasteiger partial charge in [-0.05, 0) is 36.6 Å². The van der Waals surface area contributed by atoms with Crippen LogP contribution in [-0.2, 0) is 9.53 Å². The molecule has 0 amide bonds. The summed E-state index contributed by atoms with van der Waals surface area (Å²) in [5.74, 6) is 5.23. The first-order chi connectivity index (χ1) is 9.56. The molecule has 0 aliphatic rings. The standard InChI is InChI=1S/C17H20O3/c1-4-20-17(19)16(18)15(13(2)3)12-8-11-14-9-6-5-7-10-14/h5-7,9-10,12-13,16,18H,4H2,1-3H3/b15-12-. The Bertz CT molecular complexity index is 518. The monoisotopic (exact) mass is 272 g/mol. The quantitative estimate of drug-likeness (QED) is 0.677. The second kappa shape index (κ2) is 8.19. The van der Waals surface area contributed by atoms with Crippen LogP contribution in [0.3, 0.4) is 0 Å². The van der Waals surface area contributed by atoms with Gasteiger partial charge in [0.2, 0.25) is 0 Å².